The molecule has 1 amide bonds. The Morgan fingerprint density at radius 3 is 2.21 bits per heavy atom. The van der Waals surface area contributed by atoms with Gasteiger partial charge in [-0.25, -0.2) is 4.39 Å². The minimum atomic E-state index is -0.265. The maximum Gasteiger partial charge on any atom is 0.254 e. The molecule has 4 aromatic rings. The quantitative estimate of drug-likeness (QED) is 0.331. The molecule has 6 heteroatoms. The van der Waals surface area contributed by atoms with Gasteiger partial charge in [0, 0.05) is 36.6 Å². The molecular weight excluding hydrogens is 431 g/mol. The molecule has 1 heterocycles. The molecule has 0 aliphatic heterocycles. The Bertz CT molecular complexity index is 1230. The molecule has 0 fully saturated rings. The Labute approximate surface area is 199 Å². The molecule has 0 spiro atoms. The number of hydrogen-bond acceptors (Lipinski definition) is 3. The summed E-state index contributed by atoms with van der Waals surface area (Å²) < 4.78 is 26.4. The van der Waals surface area contributed by atoms with Crippen LogP contribution in [-0.2, 0) is 19.6 Å². The predicted octanol–water partition coefficient (Wildman–Crippen LogP) is 5.54. The number of nitrogens with zero attached hydrogens (tertiary/aromatic N) is 2. The zero-order valence-corrected chi connectivity index (χ0v) is 19.3. The number of carbonyl (C=O) groups is 1. The van der Waals surface area contributed by atoms with Crippen LogP contribution in [0.5, 0.6) is 11.5 Å². The van der Waals surface area contributed by atoms with Gasteiger partial charge < -0.3 is 18.9 Å². The zero-order chi connectivity index (χ0) is 23.9. The Morgan fingerprint density at radius 2 is 1.53 bits per heavy atom. The van der Waals surface area contributed by atoms with Crippen LogP contribution >= 0.6 is 0 Å². The van der Waals surface area contributed by atoms with Crippen molar-refractivity contribution in [1.82, 2.24) is 9.47 Å². The van der Waals surface area contributed by atoms with Crippen molar-refractivity contribution in [3.8, 4) is 11.5 Å². The van der Waals surface area contributed by atoms with Crippen LogP contribution in [0.4, 0.5) is 4.39 Å². The lowest BCUT2D eigenvalue weighted by atomic mass is 10.1. The van der Waals surface area contributed by atoms with Crippen molar-refractivity contribution in [3.05, 3.63) is 119 Å². The second-order valence-corrected chi connectivity index (χ2v) is 8.01. The van der Waals surface area contributed by atoms with Crippen molar-refractivity contribution in [2.45, 2.75) is 19.6 Å². The molecule has 0 N–H and O–H groups in total. The van der Waals surface area contributed by atoms with Gasteiger partial charge in [-0.2, -0.15) is 0 Å². The Hall–Kier alpha value is -4.06. The molecule has 5 nitrogen and oxygen atoms in total. The molecule has 0 saturated carbocycles. The van der Waals surface area contributed by atoms with Crippen LogP contribution in [0.15, 0.2) is 91.1 Å². The van der Waals surface area contributed by atoms with Gasteiger partial charge in [-0.05, 0) is 47.5 Å². The fraction of sp³-hybridized carbons (Fsp3) is 0.179. The predicted molar refractivity (Wildman–Crippen MR) is 129 cm³/mol. The second kappa shape index (κ2) is 10.7. The highest BCUT2D eigenvalue weighted by Gasteiger charge is 2.20. The summed E-state index contributed by atoms with van der Waals surface area (Å²) in [6.45, 7) is 1.33. The van der Waals surface area contributed by atoms with E-state index in [1.165, 1.54) is 12.1 Å². The van der Waals surface area contributed by atoms with Gasteiger partial charge in [-0.3, -0.25) is 4.79 Å². The van der Waals surface area contributed by atoms with Crippen molar-refractivity contribution >= 4 is 5.91 Å². The van der Waals surface area contributed by atoms with Gasteiger partial charge in [0.2, 0.25) is 0 Å². The van der Waals surface area contributed by atoms with Gasteiger partial charge in [-0.1, -0.05) is 42.5 Å². The van der Waals surface area contributed by atoms with Gasteiger partial charge >= 0.3 is 0 Å². The van der Waals surface area contributed by atoms with E-state index in [0.717, 1.165) is 16.8 Å². The zero-order valence-electron chi connectivity index (χ0n) is 19.3. The summed E-state index contributed by atoms with van der Waals surface area (Å²) >= 11 is 0. The Morgan fingerprint density at radius 1 is 0.824 bits per heavy atom. The maximum absolute atomic E-state index is 13.7. The first-order chi connectivity index (χ1) is 16.6. The lowest BCUT2D eigenvalue weighted by molar-refractivity contribution is 0.0725. The summed E-state index contributed by atoms with van der Waals surface area (Å²) in [6, 6.07) is 25.5. The van der Waals surface area contributed by atoms with E-state index < -0.39 is 0 Å². The average Bonchev–Trinajstić information content (AvgIpc) is 3.29. The largest absolute Gasteiger partial charge is 0.497 e. The third-order valence-corrected chi connectivity index (χ3v) is 5.62. The first kappa shape index (κ1) is 23.1. The number of amides is 1. The monoisotopic (exact) mass is 458 g/mol. The van der Waals surface area contributed by atoms with Crippen molar-refractivity contribution in [2.75, 3.05) is 14.2 Å². The van der Waals surface area contributed by atoms with Crippen LogP contribution < -0.4 is 9.47 Å². The topological polar surface area (TPSA) is 43.7 Å². The molecular formula is C28H27FN2O3. The SMILES string of the molecule is COc1cc(OC)cc(C(=O)N(Cc2ccccc2)Cc2cccn2Cc2cccc(F)c2)c1. The summed E-state index contributed by atoms with van der Waals surface area (Å²) in [7, 11) is 3.12. The van der Waals surface area contributed by atoms with Crippen molar-refractivity contribution in [3.63, 3.8) is 0 Å². The van der Waals surface area contributed by atoms with E-state index in [1.54, 1.807) is 43.4 Å². The number of rotatable bonds is 9. The van der Waals surface area contributed by atoms with Crippen LogP contribution in [0.1, 0.15) is 27.2 Å². The van der Waals surface area contributed by atoms with E-state index in [4.69, 9.17) is 9.47 Å². The molecule has 0 atom stereocenters. The van der Waals surface area contributed by atoms with Crippen molar-refractivity contribution in [1.29, 1.82) is 0 Å². The van der Waals surface area contributed by atoms with E-state index in [2.05, 4.69) is 0 Å². The summed E-state index contributed by atoms with van der Waals surface area (Å²) in [5.41, 5.74) is 3.31. The maximum atomic E-state index is 13.7. The van der Waals surface area contributed by atoms with Crippen LogP contribution in [0.25, 0.3) is 0 Å². The third kappa shape index (κ3) is 5.64. The Balaban J connectivity index is 1.64. The standard InChI is InChI=1S/C28H27FN2O3/c1-33-26-15-23(16-27(17-26)34-2)28(32)31(18-21-8-4-3-5-9-21)20-25-12-7-13-30(25)19-22-10-6-11-24(29)14-22/h3-17H,18-20H2,1-2H3. The van der Waals surface area contributed by atoms with E-state index in [-0.39, 0.29) is 11.7 Å². The van der Waals surface area contributed by atoms with Gasteiger partial charge in [0.05, 0.1) is 20.8 Å². The lowest BCUT2D eigenvalue weighted by Gasteiger charge is -2.24. The van der Waals surface area contributed by atoms with Gasteiger partial charge in [-0.15, -0.1) is 0 Å². The fourth-order valence-corrected chi connectivity index (χ4v) is 3.89. The molecule has 0 aliphatic rings. The van der Waals surface area contributed by atoms with E-state index in [1.807, 2.05) is 59.3 Å². The van der Waals surface area contributed by atoms with Gasteiger partial charge in [0.25, 0.3) is 5.91 Å². The van der Waals surface area contributed by atoms with Crippen molar-refractivity contribution < 1.29 is 18.7 Å². The number of methoxy groups -OCH3 is 2. The number of carbonyl (C=O) groups excluding carboxylic acids is 1. The van der Waals surface area contributed by atoms with Crippen LogP contribution in [0.2, 0.25) is 0 Å². The molecule has 0 aliphatic carbocycles. The highest BCUT2D eigenvalue weighted by molar-refractivity contribution is 5.95. The summed E-state index contributed by atoms with van der Waals surface area (Å²) in [4.78, 5) is 15.5. The average molecular weight is 459 g/mol. The smallest absolute Gasteiger partial charge is 0.254 e. The summed E-state index contributed by atoms with van der Waals surface area (Å²) in [6.07, 6.45) is 1.94. The first-order valence-electron chi connectivity index (χ1n) is 11.0. The number of aromatic nitrogens is 1. The molecule has 4 rings (SSSR count). The van der Waals surface area contributed by atoms with Gasteiger partial charge in [0.1, 0.15) is 17.3 Å². The normalized spacial score (nSPS) is 10.7. The second-order valence-electron chi connectivity index (χ2n) is 8.01. The lowest BCUT2D eigenvalue weighted by Crippen LogP contribution is -2.31. The molecule has 0 saturated heterocycles. The van der Waals surface area contributed by atoms with E-state index in [0.29, 0.717) is 36.7 Å². The highest BCUT2D eigenvalue weighted by Crippen LogP contribution is 2.25. The number of benzene rings is 3. The molecule has 0 bridgehead atoms. The fourth-order valence-electron chi connectivity index (χ4n) is 3.89. The van der Waals surface area contributed by atoms with Crippen molar-refractivity contribution in [2.24, 2.45) is 0 Å². The van der Waals surface area contributed by atoms with Crippen LogP contribution in [0, 0.1) is 5.82 Å². The van der Waals surface area contributed by atoms with Gasteiger partial charge in [0.15, 0.2) is 0 Å². The molecule has 0 radical (unpaired) electrons. The third-order valence-electron chi connectivity index (χ3n) is 5.62. The Kier molecular flexibility index (Phi) is 7.28. The van der Waals surface area contributed by atoms with Crippen LogP contribution in [-0.4, -0.2) is 29.6 Å². The highest BCUT2D eigenvalue weighted by atomic mass is 19.1. The molecule has 1 aromatic heterocycles. The number of hydrogen-bond donors (Lipinski definition) is 0. The minimum Gasteiger partial charge on any atom is -0.497 e. The van der Waals surface area contributed by atoms with E-state index >= 15 is 0 Å². The molecule has 3 aromatic carbocycles. The molecule has 0 unspecified atom stereocenters. The van der Waals surface area contributed by atoms with E-state index in [9.17, 15) is 9.18 Å². The first-order valence-corrected chi connectivity index (χ1v) is 11.0. The molecule has 34 heavy (non-hydrogen) atoms. The van der Waals surface area contributed by atoms with Crippen LogP contribution in [0.3, 0.4) is 0 Å². The molecule has 174 valence electrons. The summed E-state index contributed by atoms with van der Waals surface area (Å²) in [5.74, 6) is 0.701. The number of ether oxygens (including phenoxy) is 2. The number of halogens is 1. The summed E-state index contributed by atoms with van der Waals surface area (Å²) in [5, 5.41) is 0. The minimum absolute atomic E-state index is 0.139.